The Bertz CT molecular complexity index is 717. The SMILES string of the molecule is O=C(OCOc1ccc(-c2noc(=O)[nH]2)cn1)N1CCCOCC1. The molecule has 3 heterocycles. The van der Waals surface area contributed by atoms with Crippen LogP contribution in [0, 0.1) is 0 Å². The molecule has 1 amide bonds. The molecule has 3 rings (SSSR count). The van der Waals surface area contributed by atoms with Gasteiger partial charge < -0.3 is 19.1 Å². The van der Waals surface area contributed by atoms with Gasteiger partial charge in [-0.2, -0.15) is 0 Å². The summed E-state index contributed by atoms with van der Waals surface area (Å²) in [5.74, 6) is -0.0957. The molecule has 0 unspecified atom stereocenters. The standard InChI is InChI=1S/C14H16N4O6/c19-13-16-12(17-24-13)10-2-3-11(15-8-10)22-9-23-14(20)18-4-1-6-21-7-5-18/h2-3,8H,1,4-7,9H2,(H,16,17,19). The molecule has 1 aliphatic heterocycles. The van der Waals surface area contributed by atoms with Crippen molar-refractivity contribution in [2.24, 2.45) is 0 Å². The number of hydrogen-bond donors (Lipinski definition) is 1. The predicted octanol–water partition coefficient (Wildman–Crippen LogP) is 0.620. The summed E-state index contributed by atoms with van der Waals surface area (Å²) in [6.07, 6.45) is 1.79. The number of nitrogens with zero attached hydrogens (tertiary/aromatic N) is 3. The Kier molecular flexibility index (Phi) is 5.06. The van der Waals surface area contributed by atoms with E-state index < -0.39 is 11.8 Å². The van der Waals surface area contributed by atoms with Crippen LogP contribution in [0.15, 0.2) is 27.6 Å². The number of carbonyl (C=O) groups is 1. The third-order valence-electron chi connectivity index (χ3n) is 3.32. The van der Waals surface area contributed by atoms with Gasteiger partial charge in [-0.25, -0.2) is 14.6 Å². The summed E-state index contributed by atoms with van der Waals surface area (Å²) >= 11 is 0. The maximum atomic E-state index is 11.9. The molecule has 1 fully saturated rings. The normalized spacial score (nSPS) is 14.9. The fourth-order valence-electron chi connectivity index (χ4n) is 2.12. The van der Waals surface area contributed by atoms with Crippen molar-refractivity contribution in [2.75, 3.05) is 33.1 Å². The van der Waals surface area contributed by atoms with E-state index in [2.05, 4.69) is 19.6 Å². The van der Waals surface area contributed by atoms with Crippen LogP contribution in [-0.2, 0) is 9.47 Å². The van der Waals surface area contributed by atoms with E-state index in [1.54, 1.807) is 17.0 Å². The number of nitrogens with one attached hydrogen (secondary N) is 1. The second-order valence-corrected chi connectivity index (χ2v) is 4.95. The highest BCUT2D eigenvalue weighted by Crippen LogP contribution is 2.15. The third-order valence-corrected chi connectivity index (χ3v) is 3.32. The maximum Gasteiger partial charge on any atom is 0.439 e. The van der Waals surface area contributed by atoms with Crippen LogP contribution in [-0.4, -0.2) is 59.2 Å². The molecular weight excluding hydrogens is 320 g/mol. The average molecular weight is 336 g/mol. The number of rotatable bonds is 4. The summed E-state index contributed by atoms with van der Waals surface area (Å²) in [6, 6.07) is 3.21. The molecule has 1 aliphatic rings. The second kappa shape index (κ2) is 7.59. The molecule has 0 aromatic carbocycles. The Morgan fingerprint density at radius 2 is 2.25 bits per heavy atom. The summed E-state index contributed by atoms with van der Waals surface area (Å²) in [5, 5.41) is 3.55. The zero-order valence-corrected chi connectivity index (χ0v) is 12.8. The first-order chi connectivity index (χ1) is 11.7. The fourth-order valence-corrected chi connectivity index (χ4v) is 2.12. The molecule has 2 aromatic rings. The number of amides is 1. The van der Waals surface area contributed by atoms with Crippen molar-refractivity contribution in [2.45, 2.75) is 6.42 Å². The maximum absolute atomic E-state index is 11.9. The molecule has 0 saturated carbocycles. The summed E-state index contributed by atoms with van der Waals surface area (Å²) in [7, 11) is 0. The van der Waals surface area contributed by atoms with Crippen molar-refractivity contribution < 1.29 is 23.5 Å². The molecule has 10 heteroatoms. The topological polar surface area (TPSA) is 120 Å². The fraction of sp³-hybridized carbons (Fsp3) is 0.429. The lowest BCUT2D eigenvalue weighted by Gasteiger charge is -2.18. The summed E-state index contributed by atoms with van der Waals surface area (Å²) in [4.78, 5) is 30.8. The number of ether oxygens (including phenoxy) is 3. The summed E-state index contributed by atoms with van der Waals surface area (Å²) in [6.45, 7) is 2.00. The van der Waals surface area contributed by atoms with E-state index in [1.165, 1.54) is 6.20 Å². The van der Waals surface area contributed by atoms with Crippen LogP contribution >= 0.6 is 0 Å². The molecule has 0 radical (unpaired) electrons. The van der Waals surface area contributed by atoms with Crippen LogP contribution in [0.5, 0.6) is 5.88 Å². The molecule has 0 spiro atoms. The van der Waals surface area contributed by atoms with E-state index in [9.17, 15) is 9.59 Å². The molecule has 0 atom stereocenters. The lowest BCUT2D eigenvalue weighted by atomic mass is 10.3. The minimum Gasteiger partial charge on any atom is -0.440 e. The zero-order chi connectivity index (χ0) is 16.8. The highest BCUT2D eigenvalue weighted by atomic mass is 16.7. The largest absolute Gasteiger partial charge is 0.440 e. The van der Waals surface area contributed by atoms with Crippen LogP contribution in [0.25, 0.3) is 11.4 Å². The second-order valence-electron chi connectivity index (χ2n) is 4.95. The van der Waals surface area contributed by atoms with Crippen LogP contribution in [0.2, 0.25) is 0 Å². The molecule has 1 saturated heterocycles. The van der Waals surface area contributed by atoms with Crippen molar-refractivity contribution in [3.8, 4) is 17.3 Å². The van der Waals surface area contributed by atoms with Gasteiger partial charge >= 0.3 is 11.8 Å². The minimum absolute atomic E-state index is 0.247. The van der Waals surface area contributed by atoms with Gasteiger partial charge in [-0.1, -0.05) is 5.16 Å². The molecule has 24 heavy (non-hydrogen) atoms. The van der Waals surface area contributed by atoms with Crippen LogP contribution < -0.4 is 10.5 Å². The van der Waals surface area contributed by atoms with Crippen molar-refractivity contribution in [1.82, 2.24) is 20.0 Å². The van der Waals surface area contributed by atoms with Crippen molar-refractivity contribution in [3.05, 3.63) is 28.9 Å². The van der Waals surface area contributed by atoms with Gasteiger partial charge in [-0.3, -0.25) is 9.51 Å². The predicted molar refractivity (Wildman–Crippen MR) is 79.3 cm³/mol. The number of H-pyrrole nitrogens is 1. The van der Waals surface area contributed by atoms with E-state index in [-0.39, 0.29) is 18.5 Å². The van der Waals surface area contributed by atoms with E-state index in [1.807, 2.05) is 0 Å². The van der Waals surface area contributed by atoms with Gasteiger partial charge in [0, 0.05) is 37.5 Å². The highest BCUT2D eigenvalue weighted by Gasteiger charge is 2.17. The van der Waals surface area contributed by atoms with Crippen molar-refractivity contribution >= 4 is 6.09 Å². The zero-order valence-electron chi connectivity index (χ0n) is 12.8. The Hall–Kier alpha value is -2.88. The van der Waals surface area contributed by atoms with Gasteiger partial charge in [0.25, 0.3) is 0 Å². The first kappa shape index (κ1) is 16.0. The first-order valence-electron chi connectivity index (χ1n) is 7.37. The smallest absolute Gasteiger partial charge is 0.439 e. The van der Waals surface area contributed by atoms with Gasteiger partial charge in [-0.05, 0) is 12.5 Å². The number of aromatic nitrogens is 3. The summed E-state index contributed by atoms with van der Waals surface area (Å²) in [5.41, 5.74) is 0.565. The van der Waals surface area contributed by atoms with Gasteiger partial charge in [0.1, 0.15) is 0 Å². The van der Waals surface area contributed by atoms with E-state index in [0.29, 0.717) is 31.9 Å². The van der Waals surface area contributed by atoms with E-state index in [0.717, 1.165) is 6.42 Å². The number of pyridine rings is 1. The lowest BCUT2D eigenvalue weighted by Crippen LogP contribution is -2.34. The molecule has 0 aliphatic carbocycles. The van der Waals surface area contributed by atoms with Crippen LogP contribution in [0.3, 0.4) is 0 Å². The molecule has 128 valence electrons. The Balaban J connectivity index is 1.48. The Labute approximate surface area is 136 Å². The number of aromatic amines is 1. The average Bonchev–Trinajstić information content (AvgIpc) is 2.86. The third kappa shape index (κ3) is 4.10. The van der Waals surface area contributed by atoms with Crippen molar-refractivity contribution in [3.63, 3.8) is 0 Å². The van der Waals surface area contributed by atoms with E-state index in [4.69, 9.17) is 14.2 Å². The van der Waals surface area contributed by atoms with Gasteiger partial charge in [0.05, 0.1) is 6.61 Å². The number of carbonyl (C=O) groups excluding carboxylic acids is 1. The Morgan fingerprint density at radius 1 is 1.33 bits per heavy atom. The summed E-state index contributed by atoms with van der Waals surface area (Å²) < 4.78 is 20.0. The molecule has 1 N–H and O–H groups in total. The van der Waals surface area contributed by atoms with Gasteiger partial charge in [-0.15, -0.1) is 0 Å². The monoisotopic (exact) mass is 336 g/mol. The molecular formula is C14H16N4O6. The molecule has 0 bridgehead atoms. The van der Waals surface area contributed by atoms with Crippen LogP contribution in [0.1, 0.15) is 6.42 Å². The molecule has 2 aromatic heterocycles. The Morgan fingerprint density at radius 3 is 3.00 bits per heavy atom. The lowest BCUT2D eigenvalue weighted by molar-refractivity contribution is 0.0322. The number of hydrogen-bond acceptors (Lipinski definition) is 8. The van der Waals surface area contributed by atoms with E-state index >= 15 is 0 Å². The van der Waals surface area contributed by atoms with Gasteiger partial charge in [0.15, 0.2) is 5.82 Å². The minimum atomic E-state index is -0.642. The first-order valence-corrected chi connectivity index (χ1v) is 7.37. The van der Waals surface area contributed by atoms with Crippen molar-refractivity contribution in [1.29, 1.82) is 0 Å². The quantitative estimate of drug-likeness (QED) is 0.807. The highest BCUT2D eigenvalue weighted by molar-refractivity contribution is 5.67. The van der Waals surface area contributed by atoms with Crippen LogP contribution in [0.4, 0.5) is 4.79 Å². The molecule has 10 nitrogen and oxygen atoms in total. The van der Waals surface area contributed by atoms with Gasteiger partial charge in [0.2, 0.25) is 12.7 Å².